The van der Waals surface area contributed by atoms with E-state index >= 15 is 0 Å². The zero-order valence-electron chi connectivity index (χ0n) is 8.62. The molecule has 0 unspecified atom stereocenters. The Morgan fingerprint density at radius 1 is 1.47 bits per heavy atom. The summed E-state index contributed by atoms with van der Waals surface area (Å²) in [6.45, 7) is 2.06. The number of fused-ring (bicyclic) bond motifs is 1. The summed E-state index contributed by atoms with van der Waals surface area (Å²) in [5, 5.41) is 9.72. The van der Waals surface area contributed by atoms with Crippen molar-refractivity contribution in [3.05, 3.63) is 35.5 Å². The molecule has 15 heavy (non-hydrogen) atoms. The summed E-state index contributed by atoms with van der Waals surface area (Å²) in [4.78, 5) is 3.23. The van der Waals surface area contributed by atoms with Crippen LogP contribution in [0.25, 0.3) is 10.9 Å². The highest BCUT2D eigenvalue weighted by Crippen LogP contribution is 2.21. The van der Waals surface area contributed by atoms with Gasteiger partial charge in [0.25, 0.3) is 0 Å². The first kappa shape index (κ1) is 9.75. The summed E-state index contributed by atoms with van der Waals surface area (Å²) in [5.41, 5.74) is 9.08. The second kappa shape index (κ2) is 3.76. The maximum atomic E-state index is 8.57. The van der Waals surface area contributed by atoms with E-state index in [2.05, 4.69) is 30.1 Å². The molecule has 1 heterocycles. The minimum absolute atomic E-state index is 0.220. The number of benzene rings is 1. The molecular weight excluding hydrogens is 186 g/mol. The number of nitriles is 1. The monoisotopic (exact) mass is 199 g/mol. The number of nitrogens with one attached hydrogen (secondary N) is 1. The molecule has 3 N–H and O–H groups in total. The van der Waals surface area contributed by atoms with E-state index in [1.807, 2.05) is 12.1 Å². The molecule has 3 nitrogen and oxygen atoms in total. The van der Waals surface area contributed by atoms with Crippen molar-refractivity contribution in [1.29, 1.82) is 5.26 Å². The Hall–Kier alpha value is -1.79. The van der Waals surface area contributed by atoms with Gasteiger partial charge in [0.05, 0.1) is 18.5 Å². The quantitative estimate of drug-likeness (QED) is 0.779. The Morgan fingerprint density at radius 3 is 3.00 bits per heavy atom. The SMILES string of the molecule is Cc1ccc2[nH]c([C@H](N)CC#N)cc2c1. The molecule has 0 bridgehead atoms. The summed E-state index contributed by atoms with van der Waals surface area (Å²) < 4.78 is 0. The zero-order valence-corrected chi connectivity index (χ0v) is 8.62. The predicted octanol–water partition coefficient (Wildman–Crippen LogP) is 2.39. The van der Waals surface area contributed by atoms with Crippen molar-refractivity contribution in [3.63, 3.8) is 0 Å². The molecule has 0 saturated carbocycles. The van der Waals surface area contributed by atoms with E-state index in [9.17, 15) is 0 Å². The second-order valence-corrected chi connectivity index (χ2v) is 3.78. The normalized spacial score (nSPS) is 12.6. The average Bonchev–Trinajstić information content (AvgIpc) is 2.60. The lowest BCUT2D eigenvalue weighted by atomic mass is 10.1. The van der Waals surface area contributed by atoms with Gasteiger partial charge in [0.1, 0.15) is 0 Å². The van der Waals surface area contributed by atoms with Crippen molar-refractivity contribution in [2.24, 2.45) is 5.73 Å². The Balaban J connectivity index is 2.43. The fourth-order valence-corrected chi connectivity index (χ4v) is 1.68. The number of aromatic amines is 1. The van der Waals surface area contributed by atoms with Gasteiger partial charge in [-0.2, -0.15) is 5.26 Å². The molecule has 0 spiro atoms. The molecule has 0 radical (unpaired) electrons. The number of H-pyrrole nitrogens is 1. The third-order valence-corrected chi connectivity index (χ3v) is 2.51. The molecule has 0 aliphatic rings. The van der Waals surface area contributed by atoms with E-state index in [4.69, 9.17) is 11.0 Å². The van der Waals surface area contributed by atoms with Gasteiger partial charge < -0.3 is 10.7 Å². The van der Waals surface area contributed by atoms with Gasteiger partial charge in [-0.05, 0) is 30.5 Å². The number of nitrogens with zero attached hydrogens (tertiary/aromatic N) is 1. The molecule has 0 fully saturated rings. The first-order valence-corrected chi connectivity index (χ1v) is 4.92. The molecule has 0 amide bonds. The Labute approximate surface area is 88.5 Å². The van der Waals surface area contributed by atoms with Crippen LogP contribution in [0.4, 0.5) is 0 Å². The van der Waals surface area contributed by atoms with Gasteiger partial charge in [0, 0.05) is 11.2 Å². The van der Waals surface area contributed by atoms with E-state index in [1.54, 1.807) is 0 Å². The first-order valence-electron chi connectivity index (χ1n) is 4.92. The maximum absolute atomic E-state index is 8.57. The van der Waals surface area contributed by atoms with Gasteiger partial charge in [-0.3, -0.25) is 0 Å². The molecule has 1 atom stereocenters. The Bertz CT molecular complexity index is 519. The largest absolute Gasteiger partial charge is 0.357 e. The third-order valence-electron chi connectivity index (χ3n) is 2.51. The van der Waals surface area contributed by atoms with Gasteiger partial charge >= 0.3 is 0 Å². The molecule has 2 aromatic rings. The van der Waals surface area contributed by atoms with Crippen LogP contribution in [0, 0.1) is 18.3 Å². The third kappa shape index (κ3) is 1.85. The smallest absolute Gasteiger partial charge is 0.0642 e. The molecule has 1 aromatic heterocycles. The summed E-state index contributed by atoms with van der Waals surface area (Å²) in [6, 6.07) is 10.1. The summed E-state index contributed by atoms with van der Waals surface area (Å²) >= 11 is 0. The highest BCUT2D eigenvalue weighted by Gasteiger charge is 2.08. The van der Waals surface area contributed by atoms with Gasteiger partial charge in [-0.15, -0.1) is 0 Å². The molecular formula is C12H13N3. The second-order valence-electron chi connectivity index (χ2n) is 3.78. The standard InChI is InChI=1S/C12H13N3/c1-8-2-3-11-9(6-8)7-12(15-11)10(14)4-5-13/h2-3,6-7,10,15H,4,14H2,1H3/t10-/m1/s1. The van der Waals surface area contributed by atoms with Gasteiger partial charge in [0.2, 0.25) is 0 Å². The molecule has 1 aromatic carbocycles. The van der Waals surface area contributed by atoms with E-state index in [0.29, 0.717) is 6.42 Å². The van der Waals surface area contributed by atoms with E-state index < -0.39 is 0 Å². The Kier molecular flexibility index (Phi) is 2.44. The van der Waals surface area contributed by atoms with Crippen LogP contribution < -0.4 is 5.73 Å². The van der Waals surface area contributed by atoms with Crippen molar-refractivity contribution in [1.82, 2.24) is 4.98 Å². The van der Waals surface area contributed by atoms with Crippen LogP contribution in [-0.4, -0.2) is 4.98 Å². The lowest BCUT2D eigenvalue weighted by Gasteiger charge is -2.02. The summed E-state index contributed by atoms with van der Waals surface area (Å²) in [6.07, 6.45) is 0.339. The lowest BCUT2D eigenvalue weighted by molar-refractivity contribution is 0.728. The highest BCUT2D eigenvalue weighted by atomic mass is 14.8. The van der Waals surface area contributed by atoms with E-state index in [-0.39, 0.29) is 6.04 Å². The van der Waals surface area contributed by atoms with Crippen LogP contribution in [0.1, 0.15) is 23.7 Å². The van der Waals surface area contributed by atoms with E-state index in [0.717, 1.165) is 16.6 Å². The molecule has 0 aliphatic carbocycles. The number of hydrogen-bond acceptors (Lipinski definition) is 2. The summed E-state index contributed by atoms with van der Waals surface area (Å²) in [7, 11) is 0. The number of aryl methyl sites for hydroxylation is 1. The lowest BCUT2D eigenvalue weighted by Crippen LogP contribution is -2.09. The van der Waals surface area contributed by atoms with Gasteiger partial charge in [-0.25, -0.2) is 0 Å². The number of hydrogen-bond donors (Lipinski definition) is 2. The molecule has 0 saturated heterocycles. The first-order chi connectivity index (χ1) is 7.20. The number of rotatable bonds is 2. The molecule has 0 aliphatic heterocycles. The van der Waals surface area contributed by atoms with Crippen molar-refractivity contribution in [2.75, 3.05) is 0 Å². The zero-order chi connectivity index (χ0) is 10.8. The average molecular weight is 199 g/mol. The molecule has 2 rings (SSSR count). The predicted molar refractivity (Wildman–Crippen MR) is 60.2 cm³/mol. The van der Waals surface area contributed by atoms with Crippen molar-refractivity contribution >= 4 is 10.9 Å². The fourth-order valence-electron chi connectivity index (χ4n) is 1.68. The molecule has 76 valence electrons. The Morgan fingerprint density at radius 2 is 2.27 bits per heavy atom. The number of nitrogens with two attached hydrogens (primary N) is 1. The van der Waals surface area contributed by atoms with Crippen molar-refractivity contribution < 1.29 is 0 Å². The highest BCUT2D eigenvalue weighted by molar-refractivity contribution is 5.81. The van der Waals surface area contributed by atoms with Gasteiger partial charge in [-0.1, -0.05) is 11.6 Å². The van der Waals surface area contributed by atoms with Crippen molar-refractivity contribution in [3.8, 4) is 6.07 Å². The minimum atomic E-state index is -0.220. The van der Waals surface area contributed by atoms with Crippen LogP contribution >= 0.6 is 0 Å². The van der Waals surface area contributed by atoms with Crippen LogP contribution in [-0.2, 0) is 0 Å². The maximum Gasteiger partial charge on any atom is 0.0642 e. The fraction of sp³-hybridized carbons (Fsp3) is 0.250. The minimum Gasteiger partial charge on any atom is -0.357 e. The van der Waals surface area contributed by atoms with Gasteiger partial charge in [0.15, 0.2) is 0 Å². The van der Waals surface area contributed by atoms with Crippen LogP contribution in [0.15, 0.2) is 24.3 Å². The number of aromatic nitrogens is 1. The van der Waals surface area contributed by atoms with Crippen LogP contribution in [0.5, 0.6) is 0 Å². The topological polar surface area (TPSA) is 65.6 Å². The van der Waals surface area contributed by atoms with Crippen LogP contribution in [0.2, 0.25) is 0 Å². The van der Waals surface area contributed by atoms with Crippen molar-refractivity contribution in [2.45, 2.75) is 19.4 Å². The molecule has 3 heteroatoms. The van der Waals surface area contributed by atoms with E-state index in [1.165, 1.54) is 5.56 Å². The van der Waals surface area contributed by atoms with Crippen LogP contribution in [0.3, 0.4) is 0 Å². The summed E-state index contributed by atoms with van der Waals surface area (Å²) in [5.74, 6) is 0.